The second-order valence-corrected chi connectivity index (χ2v) is 6.96. The van der Waals surface area contributed by atoms with Gasteiger partial charge in [0.2, 0.25) is 5.13 Å². The Morgan fingerprint density at radius 1 is 1.27 bits per heavy atom. The maximum atomic E-state index is 12.3. The molecular formula is C16H21N3O2S. The summed E-state index contributed by atoms with van der Waals surface area (Å²) in [4.78, 5) is 12.3. The number of rotatable bonds is 5. The Balaban J connectivity index is 2.02. The minimum absolute atomic E-state index is 0.0780. The van der Waals surface area contributed by atoms with E-state index in [1.54, 1.807) is 0 Å². The SMILES string of the molecule is CC[C@@H](Oc1ccccc1)C(=O)Nc1nnc(C(C)(C)C)s1. The number of benzene rings is 1. The largest absolute Gasteiger partial charge is 0.481 e. The van der Waals surface area contributed by atoms with E-state index in [9.17, 15) is 4.79 Å². The van der Waals surface area contributed by atoms with Crippen molar-refractivity contribution in [2.24, 2.45) is 0 Å². The molecule has 1 aromatic carbocycles. The van der Waals surface area contributed by atoms with E-state index >= 15 is 0 Å². The number of amides is 1. The molecule has 0 radical (unpaired) electrons. The van der Waals surface area contributed by atoms with Crippen LogP contribution < -0.4 is 10.1 Å². The first-order valence-corrected chi connectivity index (χ1v) is 8.08. The predicted molar refractivity (Wildman–Crippen MR) is 88.4 cm³/mol. The molecule has 0 bridgehead atoms. The summed E-state index contributed by atoms with van der Waals surface area (Å²) < 4.78 is 5.72. The van der Waals surface area contributed by atoms with Crippen molar-refractivity contribution in [1.29, 1.82) is 0 Å². The fourth-order valence-corrected chi connectivity index (χ4v) is 2.55. The van der Waals surface area contributed by atoms with Crippen molar-refractivity contribution in [2.75, 3.05) is 5.32 Å². The quantitative estimate of drug-likeness (QED) is 0.914. The van der Waals surface area contributed by atoms with Crippen molar-refractivity contribution in [1.82, 2.24) is 10.2 Å². The highest BCUT2D eigenvalue weighted by Crippen LogP contribution is 2.27. The molecule has 1 aromatic heterocycles. The summed E-state index contributed by atoms with van der Waals surface area (Å²) in [6.07, 6.45) is 0.0236. The van der Waals surface area contributed by atoms with Gasteiger partial charge in [0.15, 0.2) is 6.10 Å². The van der Waals surface area contributed by atoms with E-state index in [1.807, 2.05) is 37.3 Å². The third-order valence-electron chi connectivity index (χ3n) is 2.98. The van der Waals surface area contributed by atoms with Crippen LogP contribution in [-0.2, 0) is 10.2 Å². The number of anilines is 1. The van der Waals surface area contributed by atoms with Crippen LogP contribution in [0.1, 0.15) is 39.1 Å². The van der Waals surface area contributed by atoms with Gasteiger partial charge in [0.1, 0.15) is 10.8 Å². The maximum absolute atomic E-state index is 12.3. The van der Waals surface area contributed by atoms with E-state index in [2.05, 4.69) is 36.3 Å². The number of hydrogen-bond donors (Lipinski definition) is 1. The zero-order chi connectivity index (χ0) is 16.2. The average molecular weight is 319 g/mol. The maximum Gasteiger partial charge on any atom is 0.267 e. The monoisotopic (exact) mass is 319 g/mol. The highest BCUT2D eigenvalue weighted by molar-refractivity contribution is 7.15. The summed E-state index contributed by atoms with van der Waals surface area (Å²) in [5.74, 6) is 0.472. The van der Waals surface area contributed by atoms with Crippen LogP contribution >= 0.6 is 11.3 Å². The van der Waals surface area contributed by atoms with Gasteiger partial charge in [0, 0.05) is 5.41 Å². The van der Waals surface area contributed by atoms with Crippen LogP contribution in [0.15, 0.2) is 30.3 Å². The van der Waals surface area contributed by atoms with Crippen LogP contribution in [0.25, 0.3) is 0 Å². The number of hydrogen-bond acceptors (Lipinski definition) is 5. The van der Waals surface area contributed by atoms with Gasteiger partial charge in [-0.3, -0.25) is 10.1 Å². The third kappa shape index (κ3) is 4.27. The van der Waals surface area contributed by atoms with E-state index in [4.69, 9.17) is 4.74 Å². The molecule has 0 spiro atoms. The molecule has 2 aromatic rings. The topological polar surface area (TPSA) is 64.1 Å². The molecule has 0 unspecified atom stereocenters. The van der Waals surface area contributed by atoms with Gasteiger partial charge >= 0.3 is 0 Å². The summed E-state index contributed by atoms with van der Waals surface area (Å²) in [7, 11) is 0. The lowest BCUT2D eigenvalue weighted by Crippen LogP contribution is -2.32. The van der Waals surface area contributed by atoms with Crippen LogP contribution in [0.2, 0.25) is 0 Å². The van der Waals surface area contributed by atoms with E-state index in [0.717, 1.165) is 5.01 Å². The minimum atomic E-state index is -0.551. The second-order valence-electron chi connectivity index (χ2n) is 5.98. The standard InChI is InChI=1S/C16H21N3O2S/c1-5-12(21-11-9-7-6-8-10-11)13(20)17-15-19-18-14(22-15)16(2,3)4/h6-10,12H,5H2,1-4H3,(H,17,19,20)/t12-/m1/s1. The molecule has 1 amide bonds. The summed E-state index contributed by atoms with van der Waals surface area (Å²) in [6, 6.07) is 9.32. The van der Waals surface area contributed by atoms with E-state index in [1.165, 1.54) is 11.3 Å². The number of carbonyl (C=O) groups is 1. The molecule has 2 rings (SSSR count). The number of ether oxygens (including phenoxy) is 1. The lowest BCUT2D eigenvalue weighted by Gasteiger charge is -2.16. The molecule has 0 fully saturated rings. The summed E-state index contributed by atoms with van der Waals surface area (Å²) in [6.45, 7) is 8.10. The zero-order valence-electron chi connectivity index (χ0n) is 13.3. The first kappa shape index (κ1) is 16.4. The zero-order valence-corrected chi connectivity index (χ0v) is 14.1. The van der Waals surface area contributed by atoms with E-state index in [-0.39, 0.29) is 11.3 Å². The van der Waals surface area contributed by atoms with Gasteiger partial charge in [-0.1, -0.05) is 57.2 Å². The lowest BCUT2D eigenvalue weighted by molar-refractivity contribution is -0.122. The molecule has 6 heteroatoms. The van der Waals surface area contributed by atoms with Crippen molar-refractivity contribution in [3.63, 3.8) is 0 Å². The van der Waals surface area contributed by atoms with Crippen LogP contribution in [0.3, 0.4) is 0 Å². The van der Waals surface area contributed by atoms with Crippen LogP contribution in [0.5, 0.6) is 5.75 Å². The van der Waals surface area contributed by atoms with Crippen molar-refractivity contribution >= 4 is 22.4 Å². The first-order valence-electron chi connectivity index (χ1n) is 7.26. The number of nitrogens with one attached hydrogen (secondary N) is 1. The Bertz CT molecular complexity index is 620. The third-order valence-corrected chi connectivity index (χ3v) is 4.25. The van der Waals surface area contributed by atoms with Crippen molar-refractivity contribution in [3.8, 4) is 5.75 Å². The first-order chi connectivity index (χ1) is 10.4. The van der Waals surface area contributed by atoms with Gasteiger partial charge in [-0.25, -0.2) is 0 Å². The minimum Gasteiger partial charge on any atom is -0.481 e. The molecule has 0 aliphatic carbocycles. The van der Waals surface area contributed by atoms with Gasteiger partial charge in [-0.2, -0.15) is 0 Å². The molecule has 5 nitrogen and oxygen atoms in total. The van der Waals surface area contributed by atoms with Crippen LogP contribution in [-0.4, -0.2) is 22.2 Å². The van der Waals surface area contributed by atoms with Gasteiger partial charge in [-0.05, 0) is 18.6 Å². The fourth-order valence-electron chi connectivity index (χ4n) is 1.75. The summed E-state index contributed by atoms with van der Waals surface area (Å²) in [5, 5.41) is 12.3. The van der Waals surface area contributed by atoms with Gasteiger partial charge in [0.25, 0.3) is 5.91 Å². The normalized spacial score (nSPS) is 12.7. The van der Waals surface area contributed by atoms with Crippen LogP contribution in [0, 0.1) is 0 Å². The molecule has 0 saturated carbocycles. The van der Waals surface area contributed by atoms with Gasteiger partial charge in [0.05, 0.1) is 0 Å². The van der Waals surface area contributed by atoms with Crippen molar-refractivity contribution < 1.29 is 9.53 Å². The number of aromatic nitrogens is 2. The molecule has 1 atom stereocenters. The average Bonchev–Trinajstić information content (AvgIpc) is 2.94. The molecular weight excluding hydrogens is 298 g/mol. The predicted octanol–water partition coefficient (Wildman–Crippen LogP) is 3.63. The number of carbonyl (C=O) groups excluding carboxylic acids is 1. The Morgan fingerprint density at radius 3 is 2.50 bits per heavy atom. The Morgan fingerprint density at radius 2 is 1.95 bits per heavy atom. The molecule has 1 N–H and O–H groups in total. The van der Waals surface area contributed by atoms with Crippen molar-refractivity contribution in [3.05, 3.63) is 35.3 Å². The van der Waals surface area contributed by atoms with Crippen LogP contribution in [0.4, 0.5) is 5.13 Å². The Hall–Kier alpha value is -1.95. The molecule has 1 heterocycles. The van der Waals surface area contributed by atoms with Gasteiger partial charge < -0.3 is 4.74 Å². The molecule has 0 aliphatic heterocycles. The second kappa shape index (κ2) is 6.87. The lowest BCUT2D eigenvalue weighted by atomic mass is 9.98. The Kier molecular flexibility index (Phi) is 5.13. The highest BCUT2D eigenvalue weighted by Gasteiger charge is 2.23. The smallest absolute Gasteiger partial charge is 0.267 e. The Labute approximate surface area is 134 Å². The number of nitrogens with zero attached hydrogens (tertiary/aromatic N) is 2. The fraction of sp³-hybridized carbons (Fsp3) is 0.438. The van der Waals surface area contributed by atoms with Gasteiger partial charge in [-0.15, -0.1) is 10.2 Å². The summed E-state index contributed by atoms with van der Waals surface area (Å²) >= 11 is 1.39. The molecule has 22 heavy (non-hydrogen) atoms. The van der Waals surface area contributed by atoms with E-state index < -0.39 is 6.10 Å². The van der Waals surface area contributed by atoms with Crippen molar-refractivity contribution in [2.45, 2.75) is 45.6 Å². The molecule has 118 valence electrons. The summed E-state index contributed by atoms with van der Waals surface area (Å²) in [5.41, 5.74) is -0.0780. The highest BCUT2D eigenvalue weighted by atomic mass is 32.1. The molecule has 0 saturated heterocycles. The van der Waals surface area contributed by atoms with E-state index in [0.29, 0.717) is 17.3 Å². The molecule has 0 aliphatic rings. The number of para-hydroxylation sites is 1.